The number of aldehydes is 1. The fourth-order valence-electron chi connectivity index (χ4n) is 11.7. The Kier molecular flexibility index (Phi) is 12.3. The average Bonchev–Trinajstić information content (AvgIpc) is 3.97. The molecule has 5 fully saturated rings. The minimum Gasteiger partial charge on any atom is -0.489 e. The number of fused-ring (bicyclic) bond motifs is 3. The van der Waals surface area contributed by atoms with Crippen molar-refractivity contribution in [3.8, 4) is 11.8 Å². The first kappa shape index (κ1) is 44.4. The lowest BCUT2D eigenvalue weighted by molar-refractivity contribution is -0.137. The molecule has 4 amide bonds. The SMILES string of the molecule is CNc1c(C#N)ccc(OC2C(C)(C)CC2(C)C)c1/C=C\C=O.NC(=O)c1ccc(N2CC3CC2CN3CC2CCN(c3ccc4c(c3)CN(C3CCC(=O)NC3=O)C4=O)CC2)cc1. The summed E-state index contributed by atoms with van der Waals surface area (Å²) in [6, 6.07) is 20.0. The summed E-state index contributed by atoms with van der Waals surface area (Å²) in [5.74, 6) is 0.210. The maximum absolute atomic E-state index is 13.0. The van der Waals surface area contributed by atoms with Gasteiger partial charge in [-0.15, -0.1) is 0 Å². The third kappa shape index (κ3) is 8.70. The number of rotatable bonds is 11. The van der Waals surface area contributed by atoms with Gasteiger partial charge in [-0.25, -0.2) is 0 Å². The Morgan fingerprint density at radius 3 is 2.28 bits per heavy atom. The lowest BCUT2D eigenvalue weighted by atomic mass is 9.53. The van der Waals surface area contributed by atoms with E-state index in [1.165, 1.54) is 18.2 Å². The predicted molar refractivity (Wildman–Crippen MR) is 246 cm³/mol. The molecule has 5 aliphatic heterocycles. The van der Waals surface area contributed by atoms with Gasteiger partial charge in [0.05, 0.1) is 11.3 Å². The fourth-order valence-corrected chi connectivity index (χ4v) is 11.7. The minimum atomic E-state index is -0.581. The molecule has 3 unspecified atom stereocenters. The van der Waals surface area contributed by atoms with Gasteiger partial charge in [0, 0.05) is 104 Å². The van der Waals surface area contributed by atoms with Crippen molar-refractivity contribution in [2.45, 2.75) is 97.0 Å². The number of benzene rings is 3. The van der Waals surface area contributed by atoms with E-state index in [4.69, 9.17) is 10.5 Å². The second-order valence-electron chi connectivity index (χ2n) is 19.6. The largest absolute Gasteiger partial charge is 0.489 e. The molecule has 64 heavy (non-hydrogen) atoms. The van der Waals surface area contributed by atoms with E-state index in [-0.39, 0.29) is 47.0 Å². The number of allylic oxidation sites excluding steroid dienone is 1. The number of piperidine rings is 2. The molecule has 2 bridgehead atoms. The smallest absolute Gasteiger partial charge is 0.255 e. The van der Waals surface area contributed by atoms with Crippen LogP contribution in [0, 0.1) is 28.1 Å². The number of primary amides is 1. The quantitative estimate of drug-likeness (QED) is 0.122. The molecule has 14 heteroatoms. The number of carbonyl (C=O) groups is 5. The van der Waals surface area contributed by atoms with Crippen molar-refractivity contribution >= 4 is 53.1 Å². The van der Waals surface area contributed by atoms with Crippen molar-refractivity contribution in [1.29, 1.82) is 5.26 Å². The summed E-state index contributed by atoms with van der Waals surface area (Å²) in [4.78, 5) is 68.3. The molecule has 9 rings (SSSR count). The van der Waals surface area contributed by atoms with Gasteiger partial charge in [-0.2, -0.15) is 5.26 Å². The van der Waals surface area contributed by atoms with E-state index in [1.54, 1.807) is 24.1 Å². The van der Waals surface area contributed by atoms with Crippen LogP contribution in [0.1, 0.15) is 104 Å². The topological polar surface area (TPSA) is 181 Å². The first-order valence-electron chi connectivity index (χ1n) is 22.6. The number of ether oxygens (including phenoxy) is 1. The van der Waals surface area contributed by atoms with Crippen LogP contribution in [-0.2, 0) is 20.9 Å². The zero-order valence-corrected chi connectivity index (χ0v) is 37.6. The van der Waals surface area contributed by atoms with Crippen molar-refractivity contribution in [2.75, 3.05) is 54.9 Å². The van der Waals surface area contributed by atoms with E-state index in [0.717, 1.165) is 75.1 Å². The predicted octanol–water partition coefficient (Wildman–Crippen LogP) is 5.74. The summed E-state index contributed by atoms with van der Waals surface area (Å²) in [5, 5.41) is 14.7. The zero-order valence-electron chi connectivity index (χ0n) is 37.6. The molecule has 3 atom stereocenters. The molecule has 5 heterocycles. The lowest BCUT2D eigenvalue weighted by Crippen LogP contribution is -2.58. The van der Waals surface area contributed by atoms with Gasteiger partial charge < -0.3 is 30.5 Å². The van der Waals surface area contributed by atoms with Gasteiger partial charge in [0.2, 0.25) is 17.7 Å². The number of nitrogens with one attached hydrogen (secondary N) is 2. The Bertz CT molecular complexity index is 2380. The molecular weight excluding hydrogens is 809 g/mol. The van der Waals surface area contributed by atoms with Gasteiger partial charge in [-0.3, -0.25) is 34.2 Å². The average molecular weight is 869 g/mol. The van der Waals surface area contributed by atoms with E-state index >= 15 is 0 Å². The van der Waals surface area contributed by atoms with E-state index in [9.17, 15) is 29.2 Å². The summed E-state index contributed by atoms with van der Waals surface area (Å²) in [6.07, 6.45) is 9.13. The third-order valence-electron chi connectivity index (χ3n) is 14.3. The third-order valence-corrected chi connectivity index (χ3v) is 14.3. The molecular formula is C50H60N8O6. The monoisotopic (exact) mass is 868 g/mol. The van der Waals surface area contributed by atoms with Crippen LogP contribution in [0.2, 0.25) is 0 Å². The lowest BCUT2D eigenvalue weighted by Gasteiger charge is -2.56. The van der Waals surface area contributed by atoms with Crippen molar-refractivity contribution in [2.24, 2.45) is 22.5 Å². The van der Waals surface area contributed by atoms with E-state index in [1.807, 2.05) is 42.5 Å². The fraction of sp³-hybridized carbons (Fsp3) is 0.480. The minimum absolute atomic E-state index is 0.0797. The Morgan fingerprint density at radius 1 is 0.953 bits per heavy atom. The number of hydrogen-bond donors (Lipinski definition) is 3. The number of hydrogen-bond acceptors (Lipinski definition) is 11. The van der Waals surface area contributed by atoms with Crippen LogP contribution >= 0.6 is 0 Å². The maximum atomic E-state index is 13.0. The van der Waals surface area contributed by atoms with Gasteiger partial charge >= 0.3 is 0 Å². The number of likely N-dealkylation sites (tertiary alicyclic amines) is 1. The van der Waals surface area contributed by atoms with Crippen LogP contribution in [0.15, 0.2) is 60.7 Å². The van der Waals surface area contributed by atoms with Gasteiger partial charge in [0.25, 0.3) is 5.91 Å². The number of piperazine rings is 1. The van der Waals surface area contributed by atoms with Gasteiger partial charge in [-0.05, 0) is 110 Å². The molecule has 0 radical (unpaired) electrons. The van der Waals surface area contributed by atoms with Crippen molar-refractivity contribution in [3.63, 3.8) is 0 Å². The highest BCUT2D eigenvalue weighted by atomic mass is 16.5. The van der Waals surface area contributed by atoms with E-state index < -0.39 is 6.04 Å². The Morgan fingerprint density at radius 2 is 1.67 bits per heavy atom. The summed E-state index contributed by atoms with van der Waals surface area (Å²) in [7, 11) is 1.76. The second-order valence-corrected chi connectivity index (χ2v) is 19.6. The molecule has 14 nitrogen and oxygen atoms in total. The molecule has 3 aromatic carbocycles. The van der Waals surface area contributed by atoms with E-state index in [0.29, 0.717) is 59.1 Å². The molecule has 336 valence electrons. The highest BCUT2D eigenvalue weighted by molar-refractivity contribution is 6.05. The number of amides is 4. The molecule has 3 aromatic rings. The summed E-state index contributed by atoms with van der Waals surface area (Å²) < 4.78 is 6.33. The standard InChI is InChI=1S/C31H36N6O4.C19H24N2O2/c32-29(39)20-1-3-22(4-2-20)36-18-24-14-25(36)17-35(24)15-19-9-11-34(12-10-19)23-5-6-26-21(13-23)16-37(31(26)41)27-7-8-28(38)33-30(27)40;1-18(2)12-19(3,4)17(18)23-15-9-8-13(11-20)16(21-5)14(15)7-6-10-22/h1-6,13,19,24-25,27H,7-12,14-18H2,(H2,32,39)(H,33,38,40);6-10,17,21H,12H2,1-5H3/b;7-6-. The van der Waals surface area contributed by atoms with Gasteiger partial charge in [0.1, 0.15) is 30.3 Å². The Hall–Kier alpha value is -6.20. The normalized spacial score (nSPS) is 23.8. The highest BCUT2D eigenvalue weighted by Gasteiger charge is 2.55. The number of nitrogens with zero attached hydrogens (tertiary/aromatic N) is 5. The second kappa shape index (κ2) is 17.8. The molecule has 1 saturated carbocycles. The van der Waals surface area contributed by atoms with Crippen molar-refractivity contribution in [3.05, 3.63) is 88.5 Å². The van der Waals surface area contributed by atoms with Crippen LogP contribution in [-0.4, -0.2) is 104 Å². The van der Waals surface area contributed by atoms with Gasteiger partial charge in [0.15, 0.2) is 0 Å². The highest BCUT2D eigenvalue weighted by Crippen LogP contribution is 2.55. The maximum Gasteiger partial charge on any atom is 0.255 e. The molecule has 0 aromatic heterocycles. The molecule has 1 aliphatic carbocycles. The molecule has 6 aliphatic rings. The van der Waals surface area contributed by atoms with E-state index in [2.05, 4.69) is 65.2 Å². The van der Waals surface area contributed by atoms with Gasteiger partial charge in [-0.1, -0.05) is 27.7 Å². The zero-order chi connectivity index (χ0) is 45.5. The first-order chi connectivity index (χ1) is 30.6. The van der Waals surface area contributed by atoms with Crippen LogP contribution in [0.5, 0.6) is 5.75 Å². The number of anilines is 3. The Labute approximate surface area is 375 Å². The summed E-state index contributed by atoms with van der Waals surface area (Å²) in [6.45, 7) is 14.5. The number of nitriles is 1. The number of carbonyl (C=O) groups excluding carboxylic acids is 5. The summed E-state index contributed by atoms with van der Waals surface area (Å²) in [5.41, 5.74) is 12.0. The Balaban J connectivity index is 0.000000207. The first-order valence-corrected chi connectivity index (χ1v) is 22.6. The van der Waals surface area contributed by atoms with Crippen LogP contribution in [0.3, 0.4) is 0 Å². The van der Waals surface area contributed by atoms with Crippen LogP contribution in [0.4, 0.5) is 17.1 Å². The number of nitrogens with two attached hydrogens (primary N) is 1. The molecule has 4 saturated heterocycles. The summed E-state index contributed by atoms with van der Waals surface area (Å²) >= 11 is 0. The van der Waals surface area contributed by atoms with Crippen molar-refractivity contribution < 1.29 is 28.7 Å². The van der Waals surface area contributed by atoms with Crippen molar-refractivity contribution in [1.82, 2.24) is 15.1 Å². The van der Waals surface area contributed by atoms with Crippen LogP contribution < -0.4 is 30.9 Å². The molecule has 0 spiro atoms. The van der Waals surface area contributed by atoms with Crippen LogP contribution in [0.25, 0.3) is 6.08 Å². The number of imide groups is 1. The molecule has 4 N–H and O–H groups in total.